The third kappa shape index (κ3) is 2.67. The lowest BCUT2D eigenvalue weighted by Crippen LogP contribution is -2.13. The first-order valence-corrected chi connectivity index (χ1v) is 5.06. The minimum Gasteiger partial charge on any atom is -0.392 e. The van der Waals surface area contributed by atoms with Gasteiger partial charge in [0.1, 0.15) is 0 Å². The average molecular weight is 232 g/mol. The van der Waals surface area contributed by atoms with E-state index < -0.39 is 0 Å². The Morgan fingerprint density at radius 1 is 1.53 bits per heavy atom. The van der Waals surface area contributed by atoms with Crippen molar-refractivity contribution in [2.75, 3.05) is 5.32 Å². The maximum Gasteiger partial charge on any atom is 0.277 e. The van der Waals surface area contributed by atoms with E-state index in [0.717, 1.165) is 5.56 Å². The third-order valence-electron chi connectivity index (χ3n) is 2.20. The maximum absolute atomic E-state index is 11.7. The first-order valence-electron chi connectivity index (χ1n) is 5.06. The van der Waals surface area contributed by atoms with Crippen molar-refractivity contribution in [2.24, 2.45) is 7.05 Å². The maximum atomic E-state index is 11.7. The number of rotatable bonds is 3. The SMILES string of the molecule is Cn1ncc(C(=O)Nc2cccc(CO)c2)n1. The van der Waals surface area contributed by atoms with E-state index in [9.17, 15) is 4.79 Å². The van der Waals surface area contributed by atoms with Crippen LogP contribution in [0.2, 0.25) is 0 Å². The van der Waals surface area contributed by atoms with Gasteiger partial charge in [-0.2, -0.15) is 9.90 Å². The summed E-state index contributed by atoms with van der Waals surface area (Å²) in [5.41, 5.74) is 1.61. The smallest absolute Gasteiger partial charge is 0.277 e. The molecule has 0 atom stereocenters. The van der Waals surface area contributed by atoms with Gasteiger partial charge in [0.15, 0.2) is 5.69 Å². The van der Waals surface area contributed by atoms with Gasteiger partial charge in [0.2, 0.25) is 0 Å². The Kier molecular flexibility index (Phi) is 3.15. The second kappa shape index (κ2) is 4.75. The third-order valence-corrected chi connectivity index (χ3v) is 2.20. The van der Waals surface area contributed by atoms with Crippen LogP contribution in [0.3, 0.4) is 0 Å². The summed E-state index contributed by atoms with van der Waals surface area (Å²) in [6.45, 7) is -0.0607. The molecule has 1 aromatic heterocycles. The van der Waals surface area contributed by atoms with Crippen molar-refractivity contribution in [1.82, 2.24) is 15.0 Å². The number of aliphatic hydroxyl groups is 1. The highest BCUT2D eigenvalue weighted by Gasteiger charge is 2.09. The number of nitrogens with one attached hydrogen (secondary N) is 1. The molecule has 2 aromatic rings. The molecular weight excluding hydrogens is 220 g/mol. The molecule has 0 unspecified atom stereocenters. The molecule has 0 saturated carbocycles. The molecule has 0 aliphatic rings. The molecule has 2 N–H and O–H groups in total. The van der Waals surface area contributed by atoms with Crippen molar-refractivity contribution in [3.05, 3.63) is 41.7 Å². The van der Waals surface area contributed by atoms with E-state index in [4.69, 9.17) is 5.11 Å². The Hall–Kier alpha value is -2.21. The zero-order valence-corrected chi connectivity index (χ0v) is 9.29. The van der Waals surface area contributed by atoms with Crippen molar-refractivity contribution in [3.63, 3.8) is 0 Å². The van der Waals surface area contributed by atoms with Gasteiger partial charge in [-0.1, -0.05) is 12.1 Å². The largest absolute Gasteiger partial charge is 0.392 e. The summed E-state index contributed by atoms with van der Waals surface area (Å²) in [6, 6.07) is 6.98. The van der Waals surface area contributed by atoms with Crippen molar-refractivity contribution in [3.8, 4) is 0 Å². The summed E-state index contributed by atoms with van der Waals surface area (Å²) in [4.78, 5) is 13.1. The molecule has 6 nitrogen and oxygen atoms in total. The van der Waals surface area contributed by atoms with E-state index in [2.05, 4.69) is 15.5 Å². The molecule has 0 aliphatic heterocycles. The van der Waals surface area contributed by atoms with Gasteiger partial charge in [0.25, 0.3) is 5.91 Å². The van der Waals surface area contributed by atoms with Crippen molar-refractivity contribution in [2.45, 2.75) is 6.61 Å². The van der Waals surface area contributed by atoms with Gasteiger partial charge in [0, 0.05) is 12.7 Å². The molecule has 1 amide bonds. The van der Waals surface area contributed by atoms with Crippen LogP contribution in [-0.4, -0.2) is 26.0 Å². The lowest BCUT2D eigenvalue weighted by Gasteiger charge is -2.04. The van der Waals surface area contributed by atoms with Crippen LogP contribution < -0.4 is 5.32 Å². The molecule has 2 rings (SSSR count). The predicted molar refractivity (Wildman–Crippen MR) is 61.3 cm³/mol. The molecule has 88 valence electrons. The minimum absolute atomic E-state index is 0.0607. The Balaban J connectivity index is 2.12. The zero-order chi connectivity index (χ0) is 12.3. The summed E-state index contributed by atoms with van der Waals surface area (Å²) in [5.74, 6) is -0.326. The van der Waals surface area contributed by atoms with Crippen LogP contribution in [0, 0.1) is 0 Å². The number of hydrogen-bond donors (Lipinski definition) is 2. The fourth-order valence-corrected chi connectivity index (χ4v) is 1.39. The number of amides is 1. The summed E-state index contributed by atoms with van der Waals surface area (Å²) in [5, 5.41) is 19.4. The summed E-state index contributed by atoms with van der Waals surface area (Å²) in [6.07, 6.45) is 1.39. The van der Waals surface area contributed by atoms with Crippen LogP contribution in [-0.2, 0) is 13.7 Å². The van der Waals surface area contributed by atoms with E-state index in [1.54, 1.807) is 31.3 Å². The molecule has 0 spiro atoms. The molecule has 0 radical (unpaired) electrons. The lowest BCUT2D eigenvalue weighted by molar-refractivity contribution is 0.102. The predicted octanol–water partition coefficient (Wildman–Crippen LogP) is 0.560. The van der Waals surface area contributed by atoms with Gasteiger partial charge in [-0.3, -0.25) is 4.79 Å². The van der Waals surface area contributed by atoms with Gasteiger partial charge in [-0.05, 0) is 17.7 Å². The van der Waals surface area contributed by atoms with Crippen LogP contribution in [0.4, 0.5) is 5.69 Å². The number of aromatic nitrogens is 3. The molecule has 6 heteroatoms. The fourth-order valence-electron chi connectivity index (χ4n) is 1.39. The van der Waals surface area contributed by atoms with E-state index >= 15 is 0 Å². The number of carbonyl (C=O) groups is 1. The summed E-state index contributed by atoms with van der Waals surface area (Å²) >= 11 is 0. The minimum atomic E-state index is -0.326. The first-order chi connectivity index (χ1) is 8.19. The van der Waals surface area contributed by atoms with Gasteiger partial charge in [-0.15, -0.1) is 5.10 Å². The highest BCUT2D eigenvalue weighted by molar-refractivity contribution is 6.02. The van der Waals surface area contributed by atoms with E-state index in [1.165, 1.54) is 11.0 Å². The lowest BCUT2D eigenvalue weighted by atomic mass is 10.2. The molecule has 1 aromatic carbocycles. The molecule has 17 heavy (non-hydrogen) atoms. The monoisotopic (exact) mass is 232 g/mol. The number of nitrogens with zero attached hydrogens (tertiary/aromatic N) is 3. The molecule has 0 aliphatic carbocycles. The highest BCUT2D eigenvalue weighted by Crippen LogP contribution is 2.11. The van der Waals surface area contributed by atoms with E-state index in [-0.39, 0.29) is 18.2 Å². The van der Waals surface area contributed by atoms with Gasteiger partial charge in [-0.25, -0.2) is 0 Å². The van der Waals surface area contributed by atoms with Crippen molar-refractivity contribution >= 4 is 11.6 Å². The highest BCUT2D eigenvalue weighted by atomic mass is 16.3. The number of carbonyl (C=O) groups excluding carboxylic acids is 1. The van der Waals surface area contributed by atoms with Crippen LogP contribution >= 0.6 is 0 Å². The fraction of sp³-hybridized carbons (Fsp3) is 0.182. The van der Waals surface area contributed by atoms with Crippen molar-refractivity contribution < 1.29 is 9.90 Å². The Morgan fingerprint density at radius 2 is 2.35 bits per heavy atom. The van der Waals surface area contributed by atoms with E-state index in [1.807, 2.05) is 0 Å². The van der Waals surface area contributed by atoms with Crippen LogP contribution in [0.15, 0.2) is 30.5 Å². The second-order valence-corrected chi connectivity index (χ2v) is 3.53. The second-order valence-electron chi connectivity index (χ2n) is 3.53. The normalized spacial score (nSPS) is 10.2. The molecular formula is C11H12N4O2. The number of benzene rings is 1. The Bertz CT molecular complexity index is 536. The average Bonchev–Trinajstić information content (AvgIpc) is 2.76. The van der Waals surface area contributed by atoms with Gasteiger partial charge >= 0.3 is 0 Å². The van der Waals surface area contributed by atoms with Gasteiger partial charge in [0.05, 0.1) is 12.8 Å². The van der Waals surface area contributed by atoms with Gasteiger partial charge < -0.3 is 10.4 Å². The van der Waals surface area contributed by atoms with Crippen LogP contribution in [0.5, 0.6) is 0 Å². The number of aliphatic hydroxyl groups excluding tert-OH is 1. The number of aryl methyl sites for hydroxylation is 1. The summed E-state index contributed by atoms with van der Waals surface area (Å²) in [7, 11) is 1.64. The van der Waals surface area contributed by atoms with Crippen LogP contribution in [0.25, 0.3) is 0 Å². The Morgan fingerprint density at radius 3 is 3.00 bits per heavy atom. The van der Waals surface area contributed by atoms with Crippen molar-refractivity contribution in [1.29, 1.82) is 0 Å². The van der Waals surface area contributed by atoms with E-state index in [0.29, 0.717) is 5.69 Å². The Labute approximate surface area is 97.9 Å². The molecule has 0 saturated heterocycles. The topological polar surface area (TPSA) is 80.0 Å². The van der Waals surface area contributed by atoms with Crippen LogP contribution in [0.1, 0.15) is 16.1 Å². The zero-order valence-electron chi connectivity index (χ0n) is 9.29. The first kappa shape index (κ1) is 11.3. The quantitative estimate of drug-likeness (QED) is 0.810. The summed E-state index contributed by atoms with van der Waals surface area (Å²) < 4.78 is 0. The number of hydrogen-bond acceptors (Lipinski definition) is 4. The standard InChI is InChI=1S/C11H12N4O2/c1-15-12-6-10(14-15)11(17)13-9-4-2-3-8(5-9)7-16/h2-6,16H,7H2,1H3,(H,13,17). The molecule has 0 fully saturated rings. The molecule has 1 heterocycles. The molecule has 0 bridgehead atoms. The number of anilines is 1.